The van der Waals surface area contributed by atoms with Crippen molar-refractivity contribution in [2.75, 3.05) is 20.1 Å². The molecule has 0 unspecified atom stereocenters. The normalized spacial score (nSPS) is 21.7. The number of hydrogen-bond donors (Lipinski definition) is 0. The van der Waals surface area contributed by atoms with Crippen molar-refractivity contribution in [3.05, 3.63) is 22.9 Å². The molecule has 0 aliphatic carbocycles. The minimum atomic E-state index is -0.858. The van der Waals surface area contributed by atoms with Gasteiger partial charge in [0, 0.05) is 37.8 Å². The minimum Gasteiger partial charge on any atom is -0.343 e. The summed E-state index contributed by atoms with van der Waals surface area (Å²) in [5.41, 5.74) is 0. The molecule has 0 bridgehead atoms. The Balaban J connectivity index is 1.57. The van der Waals surface area contributed by atoms with Crippen LogP contribution in [-0.4, -0.2) is 73.2 Å². The number of thiazole rings is 1. The van der Waals surface area contributed by atoms with Crippen LogP contribution in [0, 0.1) is 0 Å². The van der Waals surface area contributed by atoms with Gasteiger partial charge >= 0.3 is 0 Å². The molecule has 1 fully saturated rings. The maximum Gasteiger partial charge on any atom is 0.244 e. The van der Waals surface area contributed by atoms with Crippen molar-refractivity contribution in [1.82, 2.24) is 35.0 Å². The van der Waals surface area contributed by atoms with E-state index in [1.807, 2.05) is 5.38 Å². The van der Waals surface area contributed by atoms with Gasteiger partial charge in [-0.3, -0.25) is 9.69 Å². The number of halogens is 1. The van der Waals surface area contributed by atoms with Crippen molar-refractivity contribution in [2.24, 2.45) is 0 Å². The van der Waals surface area contributed by atoms with Gasteiger partial charge in [0.05, 0.1) is 6.54 Å². The predicted molar refractivity (Wildman–Crippen MR) is 81.3 cm³/mol. The Morgan fingerprint density at radius 2 is 2.43 bits per heavy atom. The molecule has 3 rings (SSSR count). The van der Waals surface area contributed by atoms with Crippen LogP contribution in [0.3, 0.4) is 0 Å². The SMILES string of the molecule is CN(C[C@@H]1C[C@H](F)CN1Cc1nccs1)C(=O)Cn1cnnn1. The van der Waals surface area contributed by atoms with Crippen LogP contribution >= 0.6 is 11.3 Å². The van der Waals surface area contributed by atoms with Crippen LogP contribution < -0.4 is 0 Å². The number of likely N-dealkylation sites (N-methyl/N-ethyl adjacent to an activating group) is 1. The average Bonchev–Trinajstić information content (AvgIpc) is 3.23. The number of likely N-dealkylation sites (tertiary alicyclic amines) is 1. The summed E-state index contributed by atoms with van der Waals surface area (Å²) in [5, 5.41) is 13.6. The van der Waals surface area contributed by atoms with Crippen LogP contribution in [0.15, 0.2) is 17.9 Å². The van der Waals surface area contributed by atoms with Crippen molar-refractivity contribution in [3.63, 3.8) is 0 Å². The molecule has 3 heterocycles. The second-order valence-corrected chi connectivity index (χ2v) is 6.60. The molecule has 1 amide bonds. The lowest BCUT2D eigenvalue weighted by atomic mass is 10.2. The molecule has 10 heteroatoms. The van der Waals surface area contributed by atoms with Gasteiger partial charge in [-0.15, -0.1) is 16.4 Å². The van der Waals surface area contributed by atoms with E-state index in [4.69, 9.17) is 0 Å². The molecular formula is C13H18FN7OS. The first-order valence-corrected chi connectivity index (χ1v) is 8.21. The summed E-state index contributed by atoms with van der Waals surface area (Å²) < 4.78 is 15.2. The van der Waals surface area contributed by atoms with Gasteiger partial charge in [-0.25, -0.2) is 14.1 Å². The standard InChI is InChI=1S/C13H18FN7OS/c1-19(13(22)8-21-9-16-17-18-21)6-11-4-10(14)5-20(11)7-12-15-2-3-23-12/h2-3,9-11H,4-8H2,1H3/t10-,11-/m0/s1. The van der Waals surface area contributed by atoms with Crippen LogP contribution in [0.4, 0.5) is 4.39 Å². The molecular weight excluding hydrogens is 321 g/mol. The number of amides is 1. The lowest BCUT2D eigenvalue weighted by Gasteiger charge is -2.27. The van der Waals surface area contributed by atoms with Crippen molar-refractivity contribution in [2.45, 2.75) is 31.7 Å². The van der Waals surface area contributed by atoms with Crippen molar-refractivity contribution in [3.8, 4) is 0 Å². The van der Waals surface area contributed by atoms with E-state index in [1.165, 1.54) is 11.0 Å². The summed E-state index contributed by atoms with van der Waals surface area (Å²) in [4.78, 5) is 20.1. The molecule has 0 radical (unpaired) electrons. The van der Waals surface area contributed by atoms with Crippen molar-refractivity contribution >= 4 is 17.2 Å². The number of tetrazole rings is 1. The lowest BCUT2D eigenvalue weighted by Crippen LogP contribution is -2.42. The molecule has 2 aromatic rings. The fraction of sp³-hybridized carbons (Fsp3) is 0.615. The molecule has 0 N–H and O–H groups in total. The molecule has 1 saturated heterocycles. The lowest BCUT2D eigenvalue weighted by molar-refractivity contribution is -0.131. The van der Waals surface area contributed by atoms with E-state index in [0.29, 0.717) is 26.1 Å². The Morgan fingerprint density at radius 3 is 3.13 bits per heavy atom. The van der Waals surface area contributed by atoms with Crippen LogP contribution in [0.25, 0.3) is 0 Å². The number of rotatable bonds is 6. The van der Waals surface area contributed by atoms with Gasteiger partial charge in [-0.1, -0.05) is 0 Å². The molecule has 1 aliphatic heterocycles. The van der Waals surface area contributed by atoms with E-state index < -0.39 is 6.17 Å². The van der Waals surface area contributed by atoms with Crippen LogP contribution in [0.2, 0.25) is 0 Å². The Morgan fingerprint density at radius 1 is 1.57 bits per heavy atom. The fourth-order valence-electron chi connectivity index (χ4n) is 2.74. The highest BCUT2D eigenvalue weighted by Gasteiger charge is 2.33. The van der Waals surface area contributed by atoms with E-state index in [2.05, 4.69) is 25.4 Å². The second-order valence-electron chi connectivity index (χ2n) is 5.62. The predicted octanol–water partition coefficient (Wildman–Crippen LogP) is 0.201. The molecule has 8 nitrogen and oxygen atoms in total. The molecule has 124 valence electrons. The zero-order chi connectivity index (χ0) is 16.2. The average molecular weight is 339 g/mol. The van der Waals surface area contributed by atoms with E-state index in [-0.39, 0.29) is 18.5 Å². The Hall–Kier alpha value is -1.94. The highest BCUT2D eigenvalue weighted by Crippen LogP contribution is 2.24. The summed E-state index contributed by atoms with van der Waals surface area (Å²) in [6.07, 6.45) is 2.73. The monoisotopic (exact) mass is 339 g/mol. The van der Waals surface area contributed by atoms with Crippen LogP contribution in [-0.2, 0) is 17.9 Å². The van der Waals surface area contributed by atoms with Crippen LogP contribution in [0.1, 0.15) is 11.4 Å². The first-order chi connectivity index (χ1) is 11.1. The highest BCUT2D eigenvalue weighted by atomic mass is 32.1. The molecule has 0 saturated carbocycles. The van der Waals surface area contributed by atoms with E-state index >= 15 is 0 Å². The second kappa shape index (κ2) is 7.09. The van der Waals surface area contributed by atoms with E-state index in [9.17, 15) is 9.18 Å². The largest absolute Gasteiger partial charge is 0.343 e. The number of nitrogens with zero attached hydrogens (tertiary/aromatic N) is 7. The summed E-state index contributed by atoms with van der Waals surface area (Å²) >= 11 is 1.56. The summed E-state index contributed by atoms with van der Waals surface area (Å²) in [6.45, 7) is 1.57. The highest BCUT2D eigenvalue weighted by molar-refractivity contribution is 7.09. The van der Waals surface area contributed by atoms with Gasteiger partial charge in [0.2, 0.25) is 5.91 Å². The zero-order valence-electron chi connectivity index (χ0n) is 12.7. The Bertz CT molecular complexity index is 620. The third-order valence-electron chi connectivity index (χ3n) is 3.90. The van der Waals surface area contributed by atoms with Gasteiger partial charge in [-0.05, 0) is 16.8 Å². The third kappa shape index (κ3) is 4.08. The first-order valence-electron chi connectivity index (χ1n) is 7.33. The summed E-state index contributed by atoms with van der Waals surface area (Å²) in [6, 6.07) is -0.00304. The van der Waals surface area contributed by atoms with Crippen molar-refractivity contribution in [1.29, 1.82) is 0 Å². The van der Waals surface area contributed by atoms with Gasteiger partial charge in [0.15, 0.2) is 0 Å². The summed E-state index contributed by atoms with van der Waals surface area (Å²) in [5.74, 6) is -0.103. The van der Waals surface area contributed by atoms with Gasteiger partial charge < -0.3 is 4.90 Å². The molecule has 2 atom stereocenters. The number of aromatic nitrogens is 5. The molecule has 23 heavy (non-hydrogen) atoms. The maximum atomic E-state index is 13.8. The van der Waals surface area contributed by atoms with E-state index in [1.54, 1.807) is 29.5 Å². The molecule has 2 aromatic heterocycles. The van der Waals surface area contributed by atoms with Crippen LogP contribution in [0.5, 0.6) is 0 Å². The smallest absolute Gasteiger partial charge is 0.244 e. The zero-order valence-corrected chi connectivity index (χ0v) is 13.6. The Kier molecular flexibility index (Phi) is 4.91. The molecule has 0 aromatic carbocycles. The van der Waals surface area contributed by atoms with Gasteiger partial charge in [-0.2, -0.15) is 0 Å². The maximum absolute atomic E-state index is 13.8. The topological polar surface area (TPSA) is 80.0 Å². The Labute approximate surface area is 136 Å². The minimum absolute atomic E-state index is 0.00304. The van der Waals surface area contributed by atoms with E-state index in [0.717, 1.165) is 5.01 Å². The number of hydrogen-bond acceptors (Lipinski definition) is 7. The number of alkyl halides is 1. The molecule has 1 aliphatic rings. The van der Waals surface area contributed by atoms with Crippen molar-refractivity contribution < 1.29 is 9.18 Å². The molecule has 0 spiro atoms. The number of carbonyl (C=O) groups is 1. The van der Waals surface area contributed by atoms with Gasteiger partial charge in [0.25, 0.3) is 0 Å². The summed E-state index contributed by atoms with van der Waals surface area (Å²) in [7, 11) is 1.72. The fourth-order valence-corrected chi connectivity index (χ4v) is 3.38. The first kappa shape index (κ1) is 15.9. The third-order valence-corrected chi connectivity index (χ3v) is 4.66. The number of carbonyl (C=O) groups excluding carboxylic acids is 1. The quantitative estimate of drug-likeness (QED) is 0.748. The van der Waals surface area contributed by atoms with Gasteiger partial charge in [0.1, 0.15) is 24.1 Å².